The number of carbonyl (C=O) groups excluding carboxylic acids is 1. The molecule has 0 aliphatic carbocycles. The van der Waals surface area contributed by atoms with Crippen molar-refractivity contribution >= 4 is 30.7 Å². The predicted molar refractivity (Wildman–Crippen MR) is 122 cm³/mol. The van der Waals surface area contributed by atoms with E-state index in [0.717, 1.165) is 30.3 Å². The highest BCUT2D eigenvalue weighted by atomic mass is 35.5. The number of Topliss-reactive ketones (excluding diaryl/α,β-unsaturated/α-hetero) is 1. The Balaban J connectivity index is 2.58. The Morgan fingerprint density at radius 1 is 1.11 bits per heavy atom. The lowest BCUT2D eigenvalue weighted by atomic mass is 10.00. The fourth-order valence-electron chi connectivity index (χ4n) is 3.13. The number of ether oxygens (including phenoxy) is 1. The molecule has 0 aliphatic rings. The summed E-state index contributed by atoms with van der Waals surface area (Å²) in [4.78, 5) is 24.2. The van der Waals surface area contributed by atoms with Gasteiger partial charge in [-0.25, -0.2) is 0 Å². The van der Waals surface area contributed by atoms with Crippen LogP contribution in [-0.2, 0) is 19.8 Å². The number of nitro benzene ring substituents is 1. The summed E-state index contributed by atoms with van der Waals surface area (Å²) in [5.74, 6) is -1.46. The van der Waals surface area contributed by atoms with Gasteiger partial charge in [0, 0.05) is 6.07 Å². The Kier molecular flexibility index (Phi) is 9.07. The van der Waals surface area contributed by atoms with E-state index in [0.29, 0.717) is 6.07 Å². The smallest absolute Gasteiger partial charge is 0.416 e. The Hall–Kier alpha value is -2.50. The van der Waals surface area contributed by atoms with Crippen molar-refractivity contribution in [2.24, 2.45) is 5.73 Å². The van der Waals surface area contributed by atoms with E-state index >= 15 is 0 Å². The molecule has 2 aromatic rings. The molecule has 2 rings (SSSR count). The first-order valence-corrected chi connectivity index (χ1v) is 12.2. The molecule has 1 atom stereocenters. The zero-order valence-electron chi connectivity index (χ0n) is 18.9. The molecule has 14 heteroatoms. The number of nitrogens with two attached hydrogens (primary N) is 1. The number of nitrogens with zero attached hydrogens (tertiary/aromatic N) is 1. The third-order valence-electron chi connectivity index (χ3n) is 4.92. The molecule has 0 aromatic heterocycles. The third-order valence-corrected chi connectivity index (χ3v) is 7.90. The maximum absolute atomic E-state index is 13.5. The molecule has 0 fully saturated rings. The molecule has 0 saturated heterocycles. The summed E-state index contributed by atoms with van der Waals surface area (Å²) < 4.78 is 68.0. The van der Waals surface area contributed by atoms with Crippen molar-refractivity contribution in [1.82, 2.24) is 0 Å². The van der Waals surface area contributed by atoms with Crippen LogP contribution in [0.25, 0.3) is 0 Å². The molecule has 0 saturated carbocycles. The molecular weight excluding hydrogens is 516 g/mol. The molecule has 0 heterocycles. The summed E-state index contributed by atoms with van der Waals surface area (Å²) in [6.07, 6.45) is -4.88. The fourth-order valence-corrected chi connectivity index (χ4v) is 5.32. The van der Waals surface area contributed by atoms with Crippen LogP contribution in [0.15, 0.2) is 36.4 Å². The van der Waals surface area contributed by atoms with Gasteiger partial charge in [0.25, 0.3) is 5.69 Å². The van der Waals surface area contributed by atoms with Crippen LogP contribution in [-0.4, -0.2) is 29.2 Å². The number of alkyl halides is 3. The molecule has 2 aromatic carbocycles. The van der Waals surface area contributed by atoms with Gasteiger partial charge in [0.15, 0.2) is 5.28 Å². The van der Waals surface area contributed by atoms with Crippen molar-refractivity contribution in [3.05, 3.63) is 62.7 Å². The number of ketones is 1. The Morgan fingerprint density at radius 2 is 1.71 bits per heavy atom. The van der Waals surface area contributed by atoms with Crippen molar-refractivity contribution in [3.8, 4) is 11.5 Å². The summed E-state index contributed by atoms with van der Waals surface area (Å²) in [5.41, 5.74) is 4.00. The molecule has 1 unspecified atom stereocenters. The second kappa shape index (κ2) is 11.0. The van der Waals surface area contributed by atoms with Gasteiger partial charge >= 0.3 is 13.8 Å². The third kappa shape index (κ3) is 6.02. The van der Waals surface area contributed by atoms with Crippen LogP contribution in [0.3, 0.4) is 0 Å². The lowest BCUT2D eigenvalue weighted by Crippen LogP contribution is -2.48. The molecule has 0 bridgehead atoms. The normalized spacial score (nSPS) is 13.8. The quantitative estimate of drug-likeness (QED) is 0.147. The van der Waals surface area contributed by atoms with Crippen LogP contribution in [0.4, 0.5) is 18.9 Å². The standard InChI is InChI=1S/C21H23ClF3N2O7P/c1-4-20(26,35(31,32-5-2)33-6-3)19(28)15-12-14(8-9-17(15)27(29)30)34-18-10-7-13(11-16(18)22)21(23,24)25/h7-12H,4-6,26H2,1-3H3. The fraction of sp³-hybridized carbons (Fsp3) is 0.381. The Labute approximate surface area is 204 Å². The van der Waals surface area contributed by atoms with E-state index in [1.54, 1.807) is 0 Å². The van der Waals surface area contributed by atoms with E-state index in [9.17, 15) is 32.6 Å². The summed E-state index contributed by atoms with van der Waals surface area (Å²) >= 11 is 5.90. The van der Waals surface area contributed by atoms with E-state index in [2.05, 4.69) is 0 Å². The van der Waals surface area contributed by atoms with Gasteiger partial charge in [0.2, 0.25) is 5.78 Å². The highest BCUT2D eigenvalue weighted by molar-refractivity contribution is 7.56. The maximum atomic E-state index is 13.5. The predicted octanol–water partition coefficient (Wildman–Crippen LogP) is 6.57. The summed E-state index contributed by atoms with van der Waals surface area (Å²) in [5, 5.41) is 8.96. The number of carbonyl (C=O) groups is 1. The van der Waals surface area contributed by atoms with E-state index in [4.69, 9.17) is 31.1 Å². The number of hydrogen-bond acceptors (Lipinski definition) is 8. The minimum atomic E-state index is -4.63. The first-order valence-electron chi connectivity index (χ1n) is 10.3. The molecule has 0 amide bonds. The number of benzene rings is 2. The summed E-state index contributed by atoms with van der Waals surface area (Å²) in [6.45, 7) is 4.24. The SMILES string of the molecule is CCOP(=O)(OCC)C(N)(CC)C(=O)c1cc(Oc2ccc(C(F)(F)F)cc2Cl)ccc1[N+](=O)[O-]. The van der Waals surface area contributed by atoms with Crippen molar-refractivity contribution in [2.45, 2.75) is 38.6 Å². The van der Waals surface area contributed by atoms with Crippen LogP contribution in [0.5, 0.6) is 11.5 Å². The van der Waals surface area contributed by atoms with Gasteiger partial charge in [-0.1, -0.05) is 18.5 Å². The van der Waals surface area contributed by atoms with Crippen LogP contribution in [0, 0.1) is 10.1 Å². The van der Waals surface area contributed by atoms with Gasteiger partial charge < -0.3 is 19.5 Å². The van der Waals surface area contributed by atoms with Crippen molar-refractivity contribution in [2.75, 3.05) is 13.2 Å². The zero-order chi connectivity index (χ0) is 26.6. The first kappa shape index (κ1) is 28.7. The van der Waals surface area contributed by atoms with E-state index in [1.807, 2.05) is 0 Å². The van der Waals surface area contributed by atoms with Crippen LogP contribution < -0.4 is 10.5 Å². The lowest BCUT2D eigenvalue weighted by Gasteiger charge is -2.33. The van der Waals surface area contributed by atoms with Crippen molar-refractivity contribution < 1.29 is 41.2 Å². The molecular formula is C21H23ClF3N2O7P. The van der Waals surface area contributed by atoms with Crippen molar-refractivity contribution in [1.29, 1.82) is 0 Å². The summed E-state index contributed by atoms with van der Waals surface area (Å²) in [7, 11) is -4.29. The Bertz CT molecular complexity index is 1150. The van der Waals surface area contributed by atoms with Gasteiger partial charge in [-0.05, 0) is 50.6 Å². The molecule has 0 spiro atoms. The average Bonchev–Trinajstić information content (AvgIpc) is 2.78. The number of nitro groups is 1. The van der Waals surface area contributed by atoms with Crippen LogP contribution >= 0.6 is 19.2 Å². The molecule has 0 aliphatic heterocycles. The van der Waals surface area contributed by atoms with Gasteiger partial charge in [-0.15, -0.1) is 0 Å². The van der Waals surface area contributed by atoms with Crippen LogP contribution in [0.1, 0.15) is 43.1 Å². The molecule has 192 valence electrons. The minimum absolute atomic E-state index is 0.110. The highest BCUT2D eigenvalue weighted by Gasteiger charge is 2.54. The zero-order valence-corrected chi connectivity index (χ0v) is 20.6. The minimum Gasteiger partial charge on any atom is -0.456 e. The monoisotopic (exact) mass is 538 g/mol. The average molecular weight is 539 g/mol. The van der Waals surface area contributed by atoms with Crippen molar-refractivity contribution in [3.63, 3.8) is 0 Å². The summed E-state index contributed by atoms with van der Waals surface area (Å²) in [6, 6.07) is 5.39. The first-order chi connectivity index (χ1) is 16.2. The van der Waals surface area contributed by atoms with Gasteiger partial charge in [0.1, 0.15) is 17.1 Å². The topological polar surface area (TPSA) is 131 Å². The number of halogens is 4. The van der Waals surface area contributed by atoms with E-state index in [-0.39, 0.29) is 36.2 Å². The van der Waals surface area contributed by atoms with Crippen LogP contribution in [0.2, 0.25) is 5.02 Å². The molecule has 0 radical (unpaired) electrons. The molecule has 35 heavy (non-hydrogen) atoms. The number of hydrogen-bond donors (Lipinski definition) is 1. The molecule has 9 nitrogen and oxygen atoms in total. The number of rotatable bonds is 11. The highest BCUT2D eigenvalue weighted by Crippen LogP contribution is 2.60. The van der Waals surface area contributed by atoms with Gasteiger partial charge in [0.05, 0.1) is 28.7 Å². The lowest BCUT2D eigenvalue weighted by molar-refractivity contribution is -0.385. The van der Waals surface area contributed by atoms with Gasteiger partial charge in [-0.3, -0.25) is 19.5 Å². The molecule has 2 N–H and O–H groups in total. The maximum Gasteiger partial charge on any atom is 0.416 e. The van der Waals surface area contributed by atoms with E-state index < -0.39 is 46.6 Å². The Morgan fingerprint density at radius 3 is 2.17 bits per heavy atom. The van der Waals surface area contributed by atoms with Gasteiger partial charge in [-0.2, -0.15) is 13.2 Å². The largest absolute Gasteiger partial charge is 0.456 e. The van der Waals surface area contributed by atoms with E-state index in [1.165, 1.54) is 20.8 Å². The second-order valence-corrected chi connectivity index (χ2v) is 9.84. The second-order valence-electron chi connectivity index (χ2n) is 7.12.